The van der Waals surface area contributed by atoms with Crippen molar-refractivity contribution in [2.75, 3.05) is 18.9 Å². The fourth-order valence-corrected chi connectivity index (χ4v) is 4.13. The predicted molar refractivity (Wildman–Crippen MR) is 105 cm³/mol. The summed E-state index contributed by atoms with van der Waals surface area (Å²) >= 11 is 1.30. The number of nitrogens with one attached hydrogen (secondary N) is 1. The molecule has 6 nitrogen and oxygen atoms in total. The highest BCUT2D eigenvalue weighted by Gasteiger charge is 2.26. The zero-order valence-corrected chi connectivity index (χ0v) is 16.5. The molecule has 0 bridgehead atoms. The first-order valence-corrected chi connectivity index (χ1v) is 9.63. The summed E-state index contributed by atoms with van der Waals surface area (Å²) in [6, 6.07) is 10.4. The van der Waals surface area contributed by atoms with Gasteiger partial charge in [-0.05, 0) is 54.6 Å². The number of anilines is 1. The van der Waals surface area contributed by atoms with Gasteiger partial charge in [0.05, 0.1) is 14.2 Å². The standard InChI is InChI=1S/C20H18F2N2O4S/c1-25-15-4-3-5-16(26-2)18(15)29-24-19-13-9-7-11-6-8-12(27-20(21)22)10-14(11)17(13)28-23-19/h3-6,8,10,20H,7,9H2,1-2H3,(H,23,24). The lowest BCUT2D eigenvalue weighted by atomic mass is 9.90. The molecule has 0 radical (unpaired) electrons. The van der Waals surface area contributed by atoms with Gasteiger partial charge in [-0.2, -0.15) is 8.78 Å². The minimum atomic E-state index is -2.88. The zero-order valence-electron chi connectivity index (χ0n) is 15.7. The Morgan fingerprint density at radius 3 is 2.55 bits per heavy atom. The molecule has 0 fully saturated rings. The molecule has 0 saturated carbocycles. The summed E-state index contributed by atoms with van der Waals surface area (Å²) in [6.07, 6.45) is 1.46. The van der Waals surface area contributed by atoms with Crippen molar-refractivity contribution in [1.29, 1.82) is 0 Å². The highest BCUT2D eigenvalue weighted by atomic mass is 32.2. The van der Waals surface area contributed by atoms with Crippen LogP contribution in [0.15, 0.2) is 45.8 Å². The van der Waals surface area contributed by atoms with Crippen molar-refractivity contribution < 1.29 is 27.5 Å². The normalized spacial score (nSPS) is 12.3. The summed E-state index contributed by atoms with van der Waals surface area (Å²) in [5.74, 6) is 2.55. The first-order valence-electron chi connectivity index (χ1n) is 8.81. The van der Waals surface area contributed by atoms with Crippen LogP contribution >= 0.6 is 11.9 Å². The van der Waals surface area contributed by atoms with E-state index < -0.39 is 6.61 Å². The molecule has 9 heteroatoms. The Bertz CT molecular complexity index is 1000. The molecule has 152 valence electrons. The van der Waals surface area contributed by atoms with Crippen molar-refractivity contribution in [1.82, 2.24) is 5.16 Å². The number of fused-ring (bicyclic) bond motifs is 3. The summed E-state index contributed by atoms with van der Waals surface area (Å²) < 4.78 is 49.2. The van der Waals surface area contributed by atoms with Gasteiger partial charge in [0.2, 0.25) is 0 Å². The van der Waals surface area contributed by atoms with Gasteiger partial charge in [-0.1, -0.05) is 17.3 Å². The summed E-state index contributed by atoms with van der Waals surface area (Å²) in [7, 11) is 3.18. The number of hydrogen-bond acceptors (Lipinski definition) is 7. The second-order valence-electron chi connectivity index (χ2n) is 6.23. The molecule has 29 heavy (non-hydrogen) atoms. The van der Waals surface area contributed by atoms with E-state index in [0.29, 0.717) is 35.1 Å². The van der Waals surface area contributed by atoms with Gasteiger partial charge in [0.1, 0.15) is 22.1 Å². The molecule has 0 spiro atoms. The number of aryl methyl sites for hydroxylation is 1. The fraction of sp³-hybridized carbons (Fsp3) is 0.250. The third-order valence-electron chi connectivity index (χ3n) is 4.62. The van der Waals surface area contributed by atoms with Crippen LogP contribution in [0.5, 0.6) is 17.2 Å². The highest BCUT2D eigenvalue weighted by molar-refractivity contribution is 8.00. The molecule has 1 aliphatic rings. The van der Waals surface area contributed by atoms with Gasteiger partial charge in [-0.25, -0.2) is 0 Å². The van der Waals surface area contributed by atoms with E-state index in [-0.39, 0.29) is 5.75 Å². The summed E-state index contributed by atoms with van der Waals surface area (Å²) in [4.78, 5) is 0.776. The number of methoxy groups -OCH3 is 2. The molecule has 0 atom stereocenters. The zero-order chi connectivity index (χ0) is 20.4. The molecule has 2 aromatic carbocycles. The van der Waals surface area contributed by atoms with Gasteiger partial charge in [0, 0.05) is 11.1 Å². The molecule has 1 N–H and O–H groups in total. The van der Waals surface area contributed by atoms with Crippen molar-refractivity contribution in [3.63, 3.8) is 0 Å². The number of ether oxygens (including phenoxy) is 3. The van der Waals surface area contributed by atoms with Crippen LogP contribution < -0.4 is 18.9 Å². The van der Waals surface area contributed by atoms with Gasteiger partial charge in [0.25, 0.3) is 0 Å². The Morgan fingerprint density at radius 2 is 1.86 bits per heavy atom. The molecule has 0 saturated heterocycles. The van der Waals surface area contributed by atoms with Crippen LogP contribution in [0.2, 0.25) is 0 Å². The molecule has 1 aliphatic carbocycles. The number of rotatable bonds is 7. The minimum Gasteiger partial charge on any atom is -0.495 e. The lowest BCUT2D eigenvalue weighted by Crippen LogP contribution is -2.06. The third kappa shape index (κ3) is 3.82. The summed E-state index contributed by atoms with van der Waals surface area (Å²) in [6.45, 7) is -2.88. The smallest absolute Gasteiger partial charge is 0.387 e. The van der Waals surface area contributed by atoms with Crippen molar-refractivity contribution >= 4 is 17.8 Å². The van der Waals surface area contributed by atoms with E-state index in [0.717, 1.165) is 22.4 Å². The Labute approximate surface area is 170 Å². The highest BCUT2D eigenvalue weighted by Crippen LogP contribution is 2.42. The Hall–Kier alpha value is -2.94. The Balaban J connectivity index is 1.61. The van der Waals surface area contributed by atoms with Gasteiger partial charge < -0.3 is 23.5 Å². The van der Waals surface area contributed by atoms with E-state index in [9.17, 15) is 8.78 Å². The maximum absolute atomic E-state index is 12.5. The van der Waals surface area contributed by atoms with Gasteiger partial charge in [-0.3, -0.25) is 0 Å². The van der Waals surface area contributed by atoms with Gasteiger partial charge in [0.15, 0.2) is 11.6 Å². The van der Waals surface area contributed by atoms with E-state index in [4.69, 9.17) is 14.0 Å². The van der Waals surface area contributed by atoms with E-state index in [1.54, 1.807) is 26.4 Å². The minimum absolute atomic E-state index is 0.0886. The number of alkyl halides is 2. The monoisotopic (exact) mass is 420 g/mol. The maximum atomic E-state index is 12.5. The van der Waals surface area contributed by atoms with E-state index in [1.165, 1.54) is 18.0 Å². The van der Waals surface area contributed by atoms with Gasteiger partial charge >= 0.3 is 6.61 Å². The molecule has 3 aromatic rings. The summed E-state index contributed by atoms with van der Waals surface area (Å²) in [5, 5.41) is 4.14. The first-order chi connectivity index (χ1) is 14.1. The van der Waals surface area contributed by atoms with Crippen LogP contribution in [-0.4, -0.2) is 26.0 Å². The largest absolute Gasteiger partial charge is 0.495 e. The van der Waals surface area contributed by atoms with Crippen molar-refractivity contribution in [3.05, 3.63) is 47.5 Å². The lowest BCUT2D eigenvalue weighted by molar-refractivity contribution is -0.0498. The predicted octanol–water partition coefficient (Wildman–Crippen LogP) is 5.18. The molecular formula is C20H18F2N2O4S. The second kappa shape index (κ2) is 8.20. The number of benzene rings is 2. The van der Waals surface area contributed by atoms with Crippen molar-refractivity contribution in [2.45, 2.75) is 24.3 Å². The molecular weight excluding hydrogens is 402 g/mol. The number of hydrogen-bond donors (Lipinski definition) is 1. The average Bonchev–Trinajstić information content (AvgIpc) is 3.15. The van der Waals surface area contributed by atoms with Crippen LogP contribution in [-0.2, 0) is 12.8 Å². The van der Waals surface area contributed by atoms with E-state index in [2.05, 4.69) is 14.6 Å². The fourth-order valence-electron chi connectivity index (χ4n) is 3.27. The summed E-state index contributed by atoms with van der Waals surface area (Å²) in [5.41, 5.74) is 2.60. The van der Waals surface area contributed by atoms with Crippen LogP contribution in [0.1, 0.15) is 11.1 Å². The lowest BCUT2D eigenvalue weighted by Gasteiger charge is -2.17. The first kappa shape index (κ1) is 19.4. The average molecular weight is 420 g/mol. The molecule has 0 amide bonds. The van der Waals surface area contributed by atoms with Crippen LogP contribution in [0, 0.1) is 0 Å². The van der Waals surface area contributed by atoms with Gasteiger partial charge in [-0.15, -0.1) is 0 Å². The SMILES string of the molecule is COc1cccc(OC)c1SNc1noc2c1CCc1ccc(OC(F)F)cc1-2. The molecule has 0 aliphatic heterocycles. The van der Waals surface area contributed by atoms with E-state index in [1.807, 2.05) is 18.2 Å². The number of halogens is 2. The van der Waals surface area contributed by atoms with E-state index >= 15 is 0 Å². The van der Waals surface area contributed by atoms with Crippen molar-refractivity contribution in [3.8, 4) is 28.6 Å². The molecule has 0 unspecified atom stereocenters. The van der Waals surface area contributed by atoms with Crippen LogP contribution in [0.3, 0.4) is 0 Å². The molecule has 4 rings (SSSR count). The number of nitrogens with zero attached hydrogens (tertiary/aromatic N) is 1. The molecule has 1 heterocycles. The quantitative estimate of drug-likeness (QED) is 0.529. The van der Waals surface area contributed by atoms with Crippen molar-refractivity contribution in [2.24, 2.45) is 0 Å². The Kier molecular flexibility index (Phi) is 5.48. The Morgan fingerprint density at radius 1 is 1.10 bits per heavy atom. The topological polar surface area (TPSA) is 65.8 Å². The van der Waals surface area contributed by atoms with Crippen LogP contribution in [0.4, 0.5) is 14.6 Å². The number of aromatic nitrogens is 1. The third-order valence-corrected chi connectivity index (χ3v) is 5.52. The maximum Gasteiger partial charge on any atom is 0.387 e. The second-order valence-corrected chi connectivity index (χ2v) is 7.05. The molecule has 1 aromatic heterocycles. The van der Waals surface area contributed by atoms with Crippen LogP contribution in [0.25, 0.3) is 11.3 Å².